The Kier molecular flexibility index (Phi) is 5.05. The zero-order valence-electron chi connectivity index (χ0n) is 20.4. The van der Waals surface area contributed by atoms with Crippen molar-refractivity contribution in [1.82, 2.24) is 4.98 Å². The number of benzene rings is 3. The van der Waals surface area contributed by atoms with Crippen LogP contribution in [0.3, 0.4) is 0 Å². The Labute approximate surface area is 196 Å². The lowest BCUT2D eigenvalue weighted by Gasteiger charge is -2.22. The first kappa shape index (κ1) is 21.3. The van der Waals surface area contributed by atoms with E-state index in [2.05, 4.69) is 119 Å². The summed E-state index contributed by atoms with van der Waals surface area (Å²) in [5, 5.41) is 3.69. The summed E-state index contributed by atoms with van der Waals surface area (Å²) in [5.41, 5.74) is 9.75. The second-order valence-electron chi connectivity index (χ2n) is 10.1. The molecular weight excluding hydrogens is 400 g/mol. The number of fused-ring (bicyclic) bond motifs is 2. The summed E-state index contributed by atoms with van der Waals surface area (Å²) in [6, 6.07) is 26.3. The molecule has 0 saturated carbocycles. The van der Waals surface area contributed by atoms with Gasteiger partial charge >= 0.3 is 0 Å². The van der Waals surface area contributed by atoms with Crippen LogP contribution in [0.25, 0.3) is 38.6 Å². The van der Waals surface area contributed by atoms with Crippen molar-refractivity contribution in [1.29, 1.82) is 0 Å². The number of hydrogen-bond donors (Lipinski definition) is 0. The molecule has 3 aromatic carbocycles. The summed E-state index contributed by atoms with van der Waals surface area (Å²) in [5.74, 6) is 0. The molecule has 0 aliphatic carbocycles. The largest absolute Gasteiger partial charge is 0.255 e. The van der Waals surface area contributed by atoms with Crippen molar-refractivity contribution in [3.8, 4) is 16.9 Å². The van der Waals surface area contributed by atoms with Crippen LogP contribution >= 0.6 is 0 Å². The van der Waals surface area contributed by atoms with E-state index < -0.39 is 0 Å². The molecule has 2 heterocycles. The van der Waals surface area contributed by atoms with E-state index in [1.807, 2.05) is 6.20 Å². The van der Waals surface area contributed by atoms with Gasteiger partial charge in [0.15, 0.2) is 5.69 Å². The average Bonchev–Trinajstić information content (AvgIpc) is 2.80. The SMILES string of the molecule is Cc1c(-c2ncc3ccccc3c2C)cc(C(C)(C)C)cc1-[n+]1c(C)ccc2ccccc21. The van der Waals surface area contributed by atoms with Crippen molar-refractivity contribution in [2.75, 3.05) is 0 Å². The zero-order valence-corrected chi connectivity index (χ0v) is 20.4. The molecule has 0 N–H and O–H groups in total. The van der Waals surface area contributed by atoms with Crippen LogP contribution < -0.4 is 4.57 Å². The van der Waals surface area contributed by atoms with E-state index in [1.54, 1.807) is 0 Å². The van der Waals surface area contributed by atoms with Gasteiger partial charge in [0, 0.05) is 53.2 Å². The number of nitrogens with zero attached hydrogens (tertiary/aromatic N) is 2. The first-order chi connectivity index (χ1) is 15.8. The molecule has 0 amide bonds. The second kappa shape index (κ2) is 7.81. The molecule has 0 aliphatic heterocycles. The summed E-state index contributed by atoms with van der Waals surface area (Å²) in [6.07, 6.45) is 2.01. The lowest BCUT2D eigenvalue weighted by molar-refractivity contribution is -0.574. The summed E-state index contributed by atoms with van der Waals surface area (Å²) < 4.78 is 2.40. The van der Waals surface area contributed by atoms with Crippen molar-refractivity contribution in [2.24, 2.45) is 0 Å². The Morgan fingerprint density at radius 1 is 0.727 bits per heavy atom. The van der Waals surface area contributed by atoms with Crippen LogP contribution in [0, 0.1) is 20.8 Å². The Hall–Kier alpha value is -3.52. The van der Waals surface area contributed by atoms with Gasteiger partial charge in [-0.05, 0) is 54.0 Å². The normalized spacial score (nSPS) is 11.9. The van der Waals surface area contributed by atoms with Gasteiger partial charge in [0.05, 0.1) is 5.69 Å². The van der Waals surface area contributed by atoms with Gasteiger partial charge in [-0.3, -0.25) is 4.98 Å². The Morgan fingerprint density at radius 3 is 2.18 bits per heavy atom. The lowest BCUT2D eigenvalue weighted by atomic mass is 9.83. The monoisotopic (exact) mass is 431 g/mol. The van der Waals surface area contributed by atoms with Gasteiger partial charge < -0.3 is 0 Å². The molecule has 5 aromatic rings. The fourth-order valence-corrected chi connectivity index (χ4v) is 4.82. The van der Waals surface area contributed by atoms with Gasteiger partial charge in [-0.25, -0.2) is 0 Å². The topological polar surface area (TPSA) is 16.8 Å². The summed E-state index contributed by atoms with van der Waals surface area (Å²) in [6.45, 7) is 13.5. The van der Waals surface area contributed by atoms with E-state index in [-0.39, 0.29) is 5.41 Å². The maximum atomic E-state index is 4.97. The lowest BCUT2D eigenvalue weighted by Crippen LogP contribution is -2.36. The first-order valence-electron chi connectivity index (χ1n) is 11.7. The molecule has 0 atom stereocenters. The van der Waals surface area contributed by atoms with Crippen molar-refractivity contribution in [2.45, 2.75) is 47.0 Å². The van der Waals surface area contributed by atoms with Crippen LogP contribution in [-0.4, -0.2) is 4.98 Å². The van der Waals surface area contributed by atoms with Crippen LogP contribution in [0.15, 0.2) is 79.0 Å². The maximum absolute atomic E-state index is 4.97. The van der Waals surface area contributed by atoms with E-state index in [0.717, 1.165) is 5.69 Å². The number of aryl methyl sites for hydroxylation is 2. The Balaban J connectivity index is 1.88. The highest BCUT2D eigenvalue weighted by molar-refractivity contribution is 5.90. The molecule has 2 heteroatoms. The quantitative estimate of drug-likeness (QED) is 0.264. The number of aromatic nitrogens is 2. The predicted molar refractivity (Wildman–Crippen MR) is 139 cm³/mol. The minimum atomic E-state index is 0.0149. The van der Waals surface area contributed by atoms with E-state index in [4.69, 9.17) is 4.98 Å². The molecule has 0 saturated heterocycles. The summed E-state index contributed by atoms with van der Waals surface area (Å²) in [4.78, 5) is 4.97. The molecule has 2 aromatic heterocycles. The van der Waals surface area contributed by atoms with Gasteiger partial charge in [0.25, 0.3) is 0 Å². The van der Waals surface area contributed by atoms with Crippen LogP contribution in [-0.2, 0) is 5.41 Å². The maximum Gasteiger partial charge on any atom is 0.218 e. The van der Waals surface area contributed by atoms with Crippen LogP contribution in [0.4, 0.5) is 0 Å². The molecule has 0 aliphatic rings. The first-order valence-corrected chi connectivity index (χ1v) is 11.7. The zero-order chi connectivity index (χ0) is 23.3. The van der Waals surface area contributed by atoms with Crippen molar-refractivity contribution in [3.05, 3.63) is 101 Å². The van der Waals surface area contributed by atoms with E-state index >= 15 is 0 Å². The van der Waals surface area contributed by atoms with E-state index in [0.29, 0.717) is 0 Å². The molecule has 2 nitrogen and oxygen atoms in total. The molecule has 0 spiro atoms. The van der Waals surface area contributed by atoms with Crippen LogP contribution in [0.2, 0.25) is 0 Å². The highest BCUT2D eigenvalue weighted by Crippen LogP contribution is 2.35. The van der Waals surface area contributed by atoms with Crippen molar-refractivity contribution < 1.29 is 4.57 Å². The highest BCUT2D eigenvalue weighted by Gasteiger charge is 2.26. The van der Waals surface area contributed by atoms with Gasteiger partial charge in [0.1, 0.15) is 0 Å². The Morgan fingerprint density at radius 2 is 1.42 bits per heavy atom. The van der Waals surface area contributed by atoms with Crippen molar-refractivity contribution >= 4 is 21.7 Å². The fraction of sp³-hybridized carbons (Fsp3) is 0.226. The van der Waals surface area contributed by atoms with Gasteiger partial charge in [-0.1, -0.05) is 57.2 Å². The third-order valence-electron chi connectivity index (χ3n) is 6.83. The van der Waals surface area contributed by atoms with E-state index in [1.165, 1.54) is 55.3 Å². The van der Waals surface area contributed by atoms with Crippen molar-refractivity contribution in [3.63, 3.8) is 0 Å². The van der Waals surface area contributed by atoms with E-state index in [9.17, 15) is 0 Å². The molecule has 0 radical (unpaired) electrons. The number of pyridine rings is 2. The number of hydrogen-bond acceptors (Lipinski definition) is 1. The molecule has 164 valence electrons. The molecule has 0 unspecified atom stereocenters. The third-order valence-corrected chi connectivity index (χ3v) is 6.83. The summed E-state index contributed by atoms with van der Waals surface area (Å²) in [7, 11) is 0. The van der Waals surface area contributed by atoms with Gasteiger partial charge in [-0.2, -0.15) is 4.57 Å². The number of rotatable bonds is 2. The van der Waals surface area contributed by atoms with Crippen LogP contribution in [0.5, 0.6) is 0 Å². The fourth-order valence-electron chi connectivity index (χ4n) is 4.82. The van der Waals surface area contributed by atoms with Gasteiger partial charge in [-0.15, -0.1) is 0 Å². The smallest absolute Gasteiger partial charge is 0.218 e. The van der Waals surface area contributed by atoms with Crippen LogP contribution in [0.1, 0.15) is 43.2 Å². The molecule has 5 rings (SSSR count). The second-order valence-corrected chi connectivity index (χ2v) is 10.1. The van der Waals surface area contributed by atoms with Gasteiger partial charge in [0.2, 0.25) is 11.2 Å². The minimum absolute atomic E-state index is 0.0149. The summed E-state index contributed by atoms with van der Waals surface area (Å²) >= 11 is 0. The standard InChI is InChI=1S/C31H31N2/c1-20-15-16-23-11-8-10-14-28(23)33(20)29-18-25(31(4,5)6)17-27(21(29)2)30-22(3)26-13-9-7-12-24(26)19-32-30/h7-19H,1-6H3/q+1. The molecular formula is C31H31N2+. The third kappa shape index (κ3) is 3.60. The molecule has 33 heavy (non-hydrogen) atoms. The average molecular weight is 432 g/mol. The minimum Gasteiger partial charge on any atom is -0.255 e. The number of para-hydroxylation sites is 1. The predicted octanol–water partition coefficient (Wildman–Crippen LogP) is 7.55. The molecule has 0 fully saturated rings. The Bertz CT molecular complexity index is 1520. The highest BCUT2D eigenvalue weighted by atomic mass is 15.0. The molecule has 0 bridgehead atoms.